The van der Waals surface area contributed by atoms with E-state index in [1.807, 2.05) is 36.3 Å². The molecule has 3 aromatic heterocycles. The normalized spacial score (nSPS) is 17.7. The fourth-order valence-corrected chi connectivity index (χ4v) is 9.60. The number of rotatable bonds is 10. The van der Waals surface area contributed by atoms with Crippen LogP contribution in [-0.2, 0) is 11.6 Å². The quantitative estimate of drug-likeness (QED) is 0.142. The first-order valence-corrected chi connectivity index (χ1v) is 21.9. The Morgan fingerprint density at radius 2 is 1.66 bits per heavy atom. The van der Waals surface area contributed by atoms with E-state index in [0.717, 1.165) is 76.3 Å². The first kappa shape index (κ1) is 36.0. The Labute approximate surface area is 319 Å². The van der Waals surface area contributed by atoms with Gasteiger partial charge in [-0.05, 0) is 99.3 Å². The standard InChI is InChI=1S/C39H48BrN10O2P/c1-47-14-12-27(13-15-47)49-16-18-50(19-17-49)35-21-36(52-3)34(20-29(35)26-22-42-48(2)24-26)45-39-41-23-30(40)38(46-39)44-33-11-10-32-28(37(33)53(4,5)51)8-9-31(43-32)25-6-7-25/h8-11,20-25,27H,6-7,12-19H2,1-5H3,(H2,41,44,45,46). The largest absolute Gasteiger partial charge is 0.494 e. The number of likely N-dealkylation sites (tertiary alicyclic amines) is 1. The summed E-state index contributed by atoms with van der Waals surface area (Å²) in [6.45, 7) is 9.90. The molecule has 2 N–H and O–H groups in total. The fraction of sp³-hybridized carbons (Fsp3) is 0.436. The molecule has 0 radical (unpaired) electrons. The van der Waals surface area contributed by atoms with Crippen molar-refractivity contribution in [1.29, 1.82) is 0 Å². The highest BCUT2D eigenvalue weighted by atomic mass is 79.9. The Hall–Kier alpha value is -4.03. The molecule has 12 nitrogen and oxygen atoms in total. The summed E-state index contributed by atoms with van der Waals surface area (Å²) in [5.41, 5.74) is 6.65. The topological polar surface area (TPSA) is 117 Å². The van der Waals surface area contributed by atoms with Gasteiger partial charge in [0, 0.05) is 96.8 Å². The molecule has 14 heteroatoms. The zero-order valence-electron chi connectivity index (χ0n) is 31.1. The molecule has 0 unspecified atom stereocenters. The minimum absolute atomic E-state index is 0.389. The number of aryl methyl sites for hydroxylation is 1. The number of anilines is 5. The number of pyridine rings is 1. The van der Waals surface area contributed by atoms with Crippen molar-refractivity contribution >= 4 is 68.1 Å². The number of piperazine rings is 1. The SMILES string of the molecule is COc1cc(N2CCN(C3CCN(C)CC3)CC2)c(-c2cnn(C)c2)cc1Nc1ncc(Br)c(Nc2ccc3nc(C4CC4)ccc3c2P(C)(C)=O)n1. The number of halogens is 1. The van der Waals surface area contributed by atoms with E-state index in [9.17, 15) is 4.57 Å². The molecule has 0 spiro atoms. The molecule has 2 saturated heterocycles. The first-order chi connectivity index (χ1) is 25.5. The molecule has 8 rings (SSSR count). The van der Waals surface area contributed by atoms with Gasteiger partial charge in [0.15, 0.2) is 0 Å². The number of fused-ring (bicyclic) bond motifs is 1. The van der Waals surface area contributed by atoms with Crippen molar-refractivity contribution in [3.63, 3.8) is 0 Å². The summed E-state index contributed by atoms with van der Waals surface area (Å²) in [7, 11) is 3.13. The predicted octanol–water partition coefficient (Wildman–Crippen LogP) is 7.03. The predicted molar refractivity (Wildman–Crippen MR) is 219 cm³/mol. The maximum atomic E-state index is 13.8. The molecule has 5 heterocycles. The van der Waals surface area contributed by atoms with Gasteiger partial charge in [-0.1, -0.05) is 6.07 Å². The van der Waals surface area contributed by atoms with Crippen molar-refractivity contribution < 1.29 is 9.30 Å². The molecule has 1 saturated carbocycles. The van der Waals surface area contributed by atoms with Crippen molar-refractivity contribution in [1.82, 2.24) is 34.5 Å². The van der Waals surface area contributed by atoms with Crippen LogP contribution in [0.4, 0.5) is 28.8 Å². The molecule has 278 valence electrons. The van der Waals surface area contributed by atoms with Gasteiger partial charge >= 0.3 is 0 Å². The Kier molecular flexibility index (Phi) is 9.95. The van der Waals surface area contributed by atoms with Gasteiger partial charge in [0.05, 0.1) is 34.7 Å². The van der Waals surface area contributed by atoms with Crippen LogP contribution in [0.3, 0.4) is 0 Å². The van der Waals surface area contributed by atoms with Crippen LogP contribution < -0.4 is 25.6 Å². The van der Waals surface area contributed by atoms with Gasteiger partial charge in [-0.3, -0.25) is 14.6 Å². The van der Waals surface area contributed by atoms with Gasteiger partial charge in [0.25, 0.3) is 0 Å². The third-order valence-electron chi connectivity index (χ3n) is 10.8. The van der Waals surface area contributed by atoms with E-state index in [-0.39, 0.29) is 0 Å². The number of ether oxygens (including phenoxy) is 1. The van der Waals surface area contributed by atoms with E-state index < -0.39 is 7.14 Å². The molecule has 2 aromatic carbocycles. The lowest BCUT2D eigenvalue weighted by atomic mass is 10.0. The van der Waals surface area contributed by atoms with E-state index >= 15 is 0 Å². The van der Waals surface area contributed by atoms with Crippen LogP contribution in [0.1, 0.15) is 37.3 Å². The zero-order chi connectivity index (χ0) is 36.9. The summed E-state index contributed by atoms with van der Waals surface area (Å²) >= 11 is 3.65. The van der Waals surface area contributed by atoms with Crippen LogP contribution in [0.2, 0.25) is 0 Å². The van der Waals surface area contributed by atoms with Gasteiger partial charge in [-0.15, -0.1) is 0 Å². The smallest absolute Gasteiger partial charge is 0.229 e. The number of hydrogen-bond donors (Lipinski definition) is 2. The summed E-state index contributed by atoms with van der Waals surface area (Å²) in [5.74, 6) is 2.17. The van der Waals surface area contributed by atoms with Crippen LogP contribution in [0, 0.1) is 0 Å². The number of hydrogen-bond acceptors (Lipinski definition) is 11. The van der Waals surface area contributed by atoms with Gasteiger partial charge in [0.1, 0.15) is 18.7 Å². The molecule has 3 fully saturated rings. The van der Waals surface area contributed by atoms with Crippen LogP contribution in [-0.4, -0.2) is 107 Å². The highest BCUT2D eigenvalue weighted by molar-refractivity contribution is 9.10. The summed E-state index contributed by atoms with van der Waals surface area (Å²) < 4.78 is 22.3. The molecule has 0 amide bonds. The lowest BCUT2D eigenvalue weighted by Gasteiger charge is -2.43. The van der Waals surface area contributed by atoms with Crippen molar-refractivity contribution in [3.05, 3.63) is 65.2 Å². The van der Waals surface area contributed by atoms with E-state index in [0.29, 0.717) is 33.9 Å². The minimum Gasteiger partial charge on any atom is -0.494 e. The molecule has 3 aliphatic rings. The van der Waals surface area contributed by atoms with Gasteiger partial charge in [-0.25, -0.2) is 4.98 Å². The highest BCUT2D eigenvalue weighted by Gasteiger charge is 2.29. The van der Waals surface area contributed by atoms with Crippen LogP contribution >= 0.6 is 23.1 Å². The van der Waals surface area contributed by atoms with Crippen molar-refractivity contribution in [2.75, 3.05) is 82.3 Å². The minimum atomic E-state index is -2.73. The lowest BCUT2D eigenvalue weighted by Crippen LogP contribution is -2.53. The van der Waals surface area contributed by atoms with Crippen molar-refractivity contribution in [2.45, 2.75) is 37.6 Å². The first-order valence-electron chi connectivity index (χ1n) is 18.5. The van der Waals surface area contributed by atoms with Crippen LogP contribution in [0.25, 0.3) is 22.0 Å². The zero-order valence-corrected chi connectivity index (χ0v) is 33.6. The highest BCUT2D eigenvalue weighted by Crippen LogP contribution is 2.44. The van der Waals surface area contributed by atoms with Gasteiger partial charge in [-0.2, -0.15) is 10.1 Å². The number of methoxy groups -OCH3 is 1. The molecule has 5 aromatic rings. The second-order valence-corrected chi connectivity index (χ2v) is 19.1. The Morgan fingerprint density at radius 3 is 2.34 bits per heavy atom. The van der Waals surface area contributed by atoms with E-state index in [4.69, 9.17) is 14.7 Å². The summed E-state index contributed by atoms with van der Waals surface area (Å²) in [5, 5.41) is 13.1. The number of nitrogens with one attached hydrogen (secondary N) is 2. The van der Waals surface area contributed by atoms with Crippen LogP contribution in [0.5, 0.6) is 5.75 Å². The number of benzene rings is 2. The monoisotopic (exact) mass is 798 g/mol. The summed E-state index contributed by atoms with van der Waals surface area (Å²) in [4.78, 5) is 22.0. The summed E-state index contributed by atoms with van der Waals surface area (Å²) in [6, 6.07) is 13.0. The molecule has 0 bridgehead atoms. The van der Waals surface area contributed by atoms with Crippen molar-refractivity contribution in [3.8, 4) is 16.9 Å². The van der Waals surface area contributed by atoms with Crippen molar-refractivity contribution in [2.24, 2.45) is 7.05 Å². The number of piperidine rings is 1. The third kappa shape index (κ3) is 7.67. The number of nitrogens with zero attached hydrogens (tertiary/aromatic N) is 8. The molecule has 53 heavy (non-hydrogen) atoms. The second-order valence-electron chi connectivity index (χ2n) is 15.1. The maximum absolute atomic E-state index is 13.8. The molecule has 1 aliphatic carbocycles. The Balaban J connectivity index is 1.08. The lowest BCUT2D eigenvalue weighted by molar-refractivity contribution is 0.115. The van der Waals surface area contributed by atoms with E-state index in [1.54, 1.807) is 26.6 Å². The molecule has 2 aliphatic heterocycles. The van der Waals surface area contributed by atoms with Gasteiger partial charge < -0.3 is 29.7 Å². The Bertz CT molecular complexity index is 2180. The molecular formula is C39H48BrN10O2P. The Morgan fingerprint density at radius 1 is 0.887 bits per heavy atom. The second kappa shape index (κ2) is 14.7. The van der Waals surface area contributed by atoms with Gasteiger partial charge in [0.2, 0.25) is 5.95 Å². The average molecular weight is 800 g/mol. The molecular weight excluding hydrogens is 751 g/mol. The summed E-state index contributed by atoms with van der Waals surface area (Å²) in [6.07, 6.45) is 10.5. The van der Waals surface area contributed by atoms with Crippen LogP contribution in [0.15, 0.2) is 59.5 Å². The number of aromatic nitrogens is 5. The van der Waals surface area contributed by atoms with E-state index in [2.05, 4.69) is 82.7 Å². The van der Waals surface area contributed by atoms with E-state index in [1.165, 1.54) is 38.8 Å². The third-order valence-corrected chi connectivity index (χ3v) is 13.0. The fourth-order valence-electron chi connectivity index (χ4n) is 7.83. The molecule has 0 atom stereocenters. The average Bonchev–Trinajstić information content (AvgIpc) is 3.92. The maximum Gasteiger partial charge on any atom is 0.229 e.